The van der Waals surface area contributed by atoms with Crippen LogP contribution < -0.4 is 5.32 Å². The van der Waals surface area contributed by atoms with Crippen LogP contribution in [0.15, 0.2) is 53.4 Å². The topological polar surface area (TPSA) is 55.4 Å². The number of benzene rings is 2. The highest BCUT2D eigenvalue weighted by atomic mass is 32.2. The summed E-state index contributed by atoms with van der Waals surface area (Å²) in [6.07, 6.45) is 0.745. The number of ether oxygens (including phenoxy) is 1. The Labute approximate surface area is 139 Å². The third-order valence-corrected chi connectivity index (χ3v) is 4.85. The predicted molar refractivity (Wildman–Crippen MR) is 90.8 cm³/mol. The van der Waals surface area contributed by atoms with Crippen molar-refractivity contribution in [1.29, 1.82) is 0 Å². The molecule has 1 saturated heterocycles. The minimum Gasteiger partial charge on any atom is -0.465 e. The van der Waals surface area contributed by atoms with Crippen molar-refractivity contribution in [2.75, 3.05) is 11.9 Å². The van der Waals surface area contributed by atoms with Crippen molar-refractivity contribution in [3.8, 4) is 0 Å². The molecule has 1 N–H and O–H groups in total. The van der Waals surface area contributed by atoms with Gasteiger partial charge in [-0.15, -0.1) is 11.8 Å². The van der Waals surface area contributed by atoms with Crippen molar-refractivity contribution in [2.24, 2.45) is 0 Å². The fraction of sp³-hybridized carbons (Fsp3) is 0.222. The Morgan fingerprint density at radius 3 is 2.43 bits per heavy atom. The summed E-state index contributed by atoms with van der Waals surface area (Å²) < 4.78 is 4.95. The summed E-state index contributed by atoms with van der Waals surface area (Å²) in [6, 6.07) is 14.9. The molecule has 4 nitrogen and oxygen atoms in total. The summed E-state index contributed by atoms with van der Waals surface area (Å²) in [4.78, 5) is 24.6. The molecule has 0 bridgehead atoms. The molecule has 1 aliphatic heterocycles. The van der Waals surface area contributed by atoms with E-state index in [1.165, 1.54) is 11.8 Å². The number of hydrogen-bond acceptors (Lipinski definition) is 4. The maximum atomic E-state index is 12.2. The molecule has 1 heterocycles. The van der Waals surface area contributed by atoms with Crippen molar-refractivity contribution in [3.63, 3.8) is 0 Å². The normalized spacial score (nSPS) is 16.9. The Bertz CT molecular complexity index is 710. The van der Waals surface area contributed by atoms with Crippen LogP contribution in [0.4, 0.5) is 5.69 Å². The van der Waals surface area contributed by atoms with Crippen LogP contribution in [-0.2, 0) is 9.53 Å². The predicted octanol–water partition coefficient (Wildman–Crippen LogP) is 3.65. The molecule has 1 atom stereocenters. The zero-order valence-electron chi connectivity index (χ0n) is 12.7. The van der Waals surface area contributed by atoms with Crippen LogP contribution in [0.3, 0.4) is 0 Å². The summed E-state index contributed by atoms with van der Waals surface area (Å²) in [5.41, 5.74) is 2.48. The van der Waals surface area contributed by atoms with E-state index in [4.69, 9.17) is 4.74 Å². The van der Waals surface area contributed by atoms with Gasteiger partial charge >= 0.3 is 5.97 Å². The van der Waals surface area contributed by atoms with E-state index in [2.05, 4.69) is 5.32 Å². The van der Waals surface area contributed by atoms with Crippen LogP contribution in [0.25, 0.3) is 0 Å². The van der Waals surface area contributed by atoms with E-state index >= 15 is 0 Å². The quantitative estimate of drug-likeness (QED) is 0.871. The number of hydrogen-bond donors (Lipinski definition) is 1. The zero-order valence-corrected chi connectivity index (χ0v) is 13.6. The van der Waals surface area contributed by atoms with Gasteiger partial charge < -0.3 is 10.1 Å². The number of nitrogens with one attached hydrogen (secondary N) is 1. The number of thioether (sulfide) groups is 1. The summed E-state index contributed by atoms with van der Waals surface area (Å²) >= 11 is 1.50. The second-order valence-corrected chi connectivity index (χ2v) is 6.68. The van der Waals surface area contributed by atoms with E-state index in [9.17, 15) is 9.59 Å². The molecule has 118 valence electrons. The SMILES string of the molecule is Cc1ccc(C(=O)Nc2ccc(SC3CCOC3=O)cc2)cc1. The first-order valence-corrected chi connectivity index (χ1v) is 8.31. The van der Waals surface area contributed by atoms with Gasteiger partial charge in [0.25, 0.3) is 5.91 Å². The Kier molecular flexibility index (Phi) is 4.67. The van der Waals surface area contributed by atoms with Gasteiger partial charge in [0.1, 0.15) is 5.25 Å². The molecule has 1 unspecified atom stereocenters. The van der Waals surface area contributed by atoms with E-state index in [1.807, 2.05) is 43.3 Å². The molecule has 5 heteroatoms. The lowest BCUT2D eigenvalue weighted by Crippen LogP contribution is -2.11. The third-order valence-electron chi connectivity index (χ3n) is 3.59. The van der Waals surface area contributed by atoms with Gasteiger partial charge in [0.15, 0.2) is 0 Å². The second-order valence-electron chi connectivity index (χ2n) is 5.41. The highest BCUT2D eigenvalue weighted by Crippen LogP contribution is 2.30. The molecule has 0 saturated carbocycles. The number of carbonyl (C=O) groups is 2. The van der Waals surface area contributed by atoms with Crippen molar-refractivity contribution >= 4 is 29.3 Å². The summed E-state index contributed by atoms with van der Waals surface area (Å²) in [7, 11) is 0. The molecule has 0 radical (unpaired) electrons. The lowest BCUT2D eigenvalue weighted by molar-refractivity contribution is -0.137. The van der Waals surface area contributed by atoms with Crippen LogP contribution in [0.1, 0.15) is 22.3 Å². The van der Waals surface area contributed by atoms with E-state index in [0.29, 0.717) is 12.2 Å². The van der Waals surface area contributed by atoms with Gasteiger partial charge in [0.2, 0.25) is 0 Å². The van der Waals surface area contributed by atoms with Gasteiger partial charge in [-0.25, -0.2) is 0 Å². The number of rotatable bonds is 4. The molecule has 2 aromatic carbocycles. The highest BCUT2D eigenvalue weighted by molar-refractivity contribution is 8.00. The van der Waals surface area contributed by atoms with Gasteiger partial charge in [-0.1, -0.05) is 17.7 Å². The second kappa shape index (κ2) is 6.87. The van der Waals surface area contributed by atoms with Crippen LogP contribution in [-0.4, -0.2) is 23.7 Å². The lowest BCUT2D eigenvalue weighted by atomic mass is 10.1. The van der Waals surface area contributed by atoms with Crippen LogP contribution >= 0.6 is 11.8 Å². The zero-order chi connectivity index (χ0) is 16.2. The van der Waals surface area contributed by atoms with E-state index < -0.39 is 0 Å². The minimum absolute atomic E-state index is 0.122. The highest BCUT2D eigenvalue weighted by Gasteiger charge is 2.27. The standard InChI is InChI=1S/C18H17NO3S/c1-12-2-4-13(5-3-12)17(20)19-14-6-8-15(9-7-14)23-16-10-11-22-18(16)21/h2-9,16H,10-11H2,1H3,(H,19,20). The number of aryl methyl sites for hydroxylation is 1. The number of amides is 1. The summed E-state index contributed by atoms with van der Waals surface area (Å²) in [5.74, 6) is -0.281. The van der Waals surface area contributed by atoms with Gasteiger partial charge in [-0.3, -0.25) is 9.59 Å². The van der Waals surface area contributed by atoms with E-state index in [0.717, 1.165) is 22.6 Å². The molecule has 1 amide bonds. The average Bonchev–Trinajstić information content (AvgIpc) is 2.95. The molecule has 0 aromatic heterocycles. The largest absolute Gasteiger partial charge is 0.465 e. The first-order valence-electron chi connectivity index (χ1n) is 7.43. The smallest absolute Gasteiger partial charge is 0.319 e. The molecular formula is C18H17NO3S. The van der Waals surface area contributed by atoms with Crippen LogP contribution in [0.5, 0.6) is 0 Å². The molecule has 0 aliphatic carbocycles. The first-order chi connectivity index (χ1) is 11.1. The monoisotopic (exact) mass is 327 g/mol. The van der Waals surface area contributed by atoms with Gasteiger partial charge in [-0.05, 0) is 43.3 Å². The summed E-state index contributed by atoms with van der Waals surface area (Å²) in [6.45, 7) is 2.49. The van der Waals surface area contributed by atoms with E-state index in [-0.39, 0.29) is 17.1 Å². The van der Waals surface area contributed by atoms with Crippen molar-refractivity contribution in [3.05, 3.63) is 59.7 Å². The number of carbonyl (C=O) groups excluding carboxylic acids is 2. The number of esters is 1. The van der Waals surface area contributed by atoms with Gasteiger partial charge in [-0.2, -0.15) is 0 Å². The summed E-state index contributed by atoms with van der Waals surface area (Å²) in [5, 5.41) is 2.75. The van der Waals surface area contributed by atoms with Crippen molar-refractivity contribution in [2.45, 2.75) is 23.5 Å². The molecule has 1 fully saturated rings. The number of cyclic esters (lactones) is 1. The van der Waals surface area contributed by atoms with Crippen molar-refractivity contribution in [1.82, 2.24) is 0 Å². The first kappa shape index (κ1) is 15.6. The fourth-order valence-electron chi connectivity index (χ4n) is 2.27. The Morgan fingerprint density at radius 2 is 1.83 bits per heavy atom. The maximum Gasteiger partial charge on any atom is 0.319 e. The molecule has 0 spiro atoms. The van der Waals surface area contributed by atoms with Gasteiger partial charge in [0, 0.05) is 22.6 Å². The Morgan fingerprint density at radius 1 is 1.13 bits per heavy atom. The van der Waals surface area contributed by atoms with Gasteiger partial charge in [0.05, 0.1) is 6.61 Å². The Balaban J connectivity index is 1.62. The number of anilines is 1. The molecule has 2 aromatic rings. The molecule has 1 aliphatic rings. The lowest BCUT2D eigenvalue weighted by Gasteiger charge is -2.08. The van der Waals surface area contributed by atoms with Crippen LogP contribution in [0, 0.1) is 6.92 Å². The molecule has 3 rings (SSSR count). The van der Waals surface area contributed by atoms with Crippen molar-refractivity contribution < 1.29 is 14.3 Å². The molecular weight excluding hydrogens is 310 g/mol. The third kappa shape index (κ3) is 3.93. The maximum absolute atomic E-state index is 12.2. The van der Waals surface area contributed by atoms with Crippen LogP contribution in [0.2, 0.25) is 0 Å². The fourth-order valence-corrected chi connectivity index (χ4v) is 3.27. The van der Waals surface area contributed by atoms with E-state index in [1.54, 1.807) is 12.1 Å². The average molecular weight is 327 g/mol. The minimum atomic E-state index is -0.147. The molecule has 23 heavy (non-hydrogen) atoms. The Hall–Kier alpha value is -2.27.